The Kier molecular flexibility index (Phi) is 4.32. The zero-order valence-electron chi connectivity index (χ0n) is 14.3. The van der Waals surface area contributed by atoms with Crippen LogP contribution in [0, 0.1) is 5.82 Å². The highest BCUT2D eigenvalue weighted by Gasteiger charge is 2.35. The monoisotopic (exact) mass is 372 g/mol. The molecule has 1 amide bonds. The lowest BCUT2D eigenvalue weighted by molar-refractivity contribution is 0.0932. The summed E-state index contributed by atoms with van der Waals surface area (Å²) < 4.78 is 19.0. The van der Waals surface area contributed by atoms with Crippen molar-refractivity contribution in [2.45, 2.75) is 19.4 Å². The molecule has 1 unspecified atom stereocenters. The highest BCUT2D eigenvalue weighted by atomic mass is 35.5. The molecule has 0 bridgehead atoms. The molecule has 0 aliphatic carbocycles. The van der Waals surface area contributed by atoms with Crippen molar-refractivity contribution in [1.29, 1.82) is 0 Å². The number of fused-ring (bicyclic) bond motifs is 3. The van der Waals surface area contributed by atoms with E-state index in [2.05, 4.69) is 4.98 Å². The molecule has 4 rings (SSSR count). The molecule has 6 heteroatoms. The average molecular weight is 373 g/mol. The van der Waals surface area contributed by atoms with Gasteiger partial charge in [-0.05, 0) is 54.8 Å². The van der Waals surface area contributed by atoms with Crippen molar-refractivity contribution >= 4 is 28.6 Å². The molecule has 26 heavy (non-hydrogen) atoms. The molecule has 1 aliphatic heterocycles. The molecule has 134 valence electrons. The number of halogens is 2. The Morgan fingerprint density at radius 1 is 1.31 bits per heavy atom. The second kappa shape index (κ2) is 6.65. The molecule has 3 aromatic rings. The van der Waals surface area contributed by atoms with Crippen molar-refractivity contribution < 1.29 is 13.9 Å². The maximum Gasteiger partial charge on any atom is 0.410 e. The first-order chi connectivity index (χ1) is 12.6. The minimum Gasteiger partial charge on any atom is -0.450 e. The van der Waals surface area contributed by atoms with Gasteiger partial charge in [-0.1, -0.05) is 23.7 Å². The van der Waals surface area contributed by atoms with Crippen LogP contribution in [0.25, 0.3) is 10.9 Å². The van der Waals surface area contributed by atoms with Crippen LogP contribution in [0.15, 0.2) is 42.5 Å². The standard InChI is InChI=1S/C20H18ClFN2O2/c1-2-26-20(25)24-10-9-15-16-11-14(22)7-8-17(16)23-18(15)19(24)12-3-5-13(21)6-4-12/h3-8,11,19,23H,2,9-10H2,1H3. The van der Waals surface area contributed by atoms with Crippen LogP contribution in [0.2, 0.25) is 5.02 Å². The fourth-order valence-corrected chi connectivity index (χ4v) is 3.78. The molecule has 0 fully saturated rings. The minimum absolute atomic E-state index is 0.268. The second-order valence-corrected chi connectivity index (χ2v) is 6.74. The van der Waals surface area contributed by atoms with Gasteiger partial charge in [0.05, 0.1) is 6.61 Å². The Hall–Kier alpha value is -2.53. The van der Waals surface area contributed by atoms with Gasteiger partial charge in [0.2, 0.25) is 0 Å². The Morgan fingerprint density at radius 3 is 2.81 bits per heavy atom. The van der Waals surface area contributed by atoms with Gasteiger partial charge in [0, 0.05) is 28.2 Å². The number of nitrogens with zero attached hydrogens (tertiary/aromatic N) is 1. The first-order valence-electron chi connectivity index (χ1n) is 8.57. The van der Waals surface area contributed by atoms with E-state index < -0.39 is 0 Å². The molecular weight excluding hydrogens is 355 g/mol. The molecule has 0 saturated carbocycles. The third kappa shape index (κ3) is 2.82. The topological polar surface area (TPSA) is 45.3 Å². The molecule has 1 aromatic heterocycles. The van der Waals surface area contributed by atoms with Crippen LogP contribution in [0.1, 0.15) is 29.8 Å². The number of carbonyl (C=O) groups excluding carboxylic acids is 1. The summed E-state index contributed by atoms with van der Waals surface area (Å²) in [5.74, 6) is -0.268. The number of carbonyl (C=O) groups is 1. The van der Waals surface area contributed by atoms with Crippen molar-refractivity contribution in [3.63, 3.8) is 0 Å². The molecule has 0 saturated heterocycles. The number of H-pyrrole nitrogens is 1. The smallest absolute Gasteiger partial charge is 0.410 e. The fraction of sp³-hybridized carbons (Fsp3) is 0.250. The van der Waals surface area contributed by atoms with Crippen molar-refractivity contribution in [2.24, 2.45) is 0 Å². The van der Waals surface area contributed by atoms with E-state index in [4.69, 9.17) is 16.3 Å². The molecule has 2 aromatic carbocycles. The first kappa shape index (κ1) is 16.9. The van der Waals surface area contributed by atoms with Gasteiger partial charge in [0.25, 0.3) is 0 Å². The highest BCUT2D eigenvalue weighted by Crippen LogP contribution is 2.39. The van der Waals surface area contributed by atoms with Crippen LogP contribution in [0.5, 0.6) is 0 Å². The van der Waals surface area contributed by atoms with Crippen LogP contribution < -0.4 is 0 Å². The number of hydrogen-bond acceptors (Lipinski definition) is 2. The summed E-state index contributed by atoms with van der Waals surface area (Å²) in [6.07, 6.45) is 0.282. The van der Waals surface area contributed by atoms with Gasteiger partial charge < -0.3 is 9.72 Å². The molecule has 4 nitrogen and oxygen atoms in total. The average Bonchev–Trinajstić information content (AvgIpc) is 3.00. The number of ether oxygens (including phenoxy) is 1. The van der Waals surface area contributed by atoms with Gasteiger partial charge in [-0.2, -0.15) is 0 Å². The zero-order valence-corrected chi connectivity index (χ0v) is 15.0. The summed E-state index contributed by atoms with van der Waals surface area (Å²) in [4.78, 5) is 17.6. The largest absolute Gasteiger partial charge is 0.450 e. The van der Waals surface area contributed by atoms with E-state index in [-0.39, 0.29) is 18.0 Å². The number of rotatable bonds is 2. The fourth-order valence-electron chi connectivity index (χ4n) is 3.66. The Bertz CT molecular complexity index is 968. The third-order valence-corrected chi connectivity index (χ3v) is 5.03. The lowest BCUT2D eigenvalue weighted by Crippen LogP contribution is -2.40. The number of benzene rings is 2. The van der Waals surface area contributed by atoms with E-state index in [1.54, 1.807) is 36.1 Å². The Balaban J connectivity index is 1.88. The summed E-state index contributed by atoms with van der Waals surface area (Å²) in [5, 5.41) is 1.49. The Labute approximate surface area is 155 Å². The van der Waals surface area contributed by atoms with Crippen molar-refractivity contribution in [2.75, 3.05) is 13.2 Å². The summed E-state index contributed by atoms with van der Waals surface area (Å²) in [5.41, 5.74) is 3.73. The maximum absolute atomic E-state index is 13.7. The molecule has 2 heterocycles. The normalized spacial score (nSPS) is 16.6. The van der Waals surface area contributed by atoms with Crippen LogP contribution in [-0.4, -0.2) is 29.1 Å². The predicted molar refractivity (Wildman–Crippen MR) is 99.0 cm³/mol. The number of hydrogen-bond donors (Lipinski definition) is 1. The van der Waals surface area contributed by atoms with E-state index >= 15 is 0 Å². The van der Waals surface area contributed by atoms with Crippen LogP contribution in [0.3, 0.4) is 0 Å². The van der Waals surface area contributed by atoms with Gasteiger partial charge in [0.1, 0.15) is 11.9 Å². The zero-order chi connectivity index (χ0) is 18.3. The number of aromatic amines is 1. The van der Waals surface area contributed by atoms with Gasteiger partial charge in [-0.3, -0.25) is 4.90 Å². The van der Waals surface area contributed by atoms with Crippen LogP contribution >= 0.6 is 11.6 Å². The number of amides is 1. The van der Waals surface area contributed by atoms with Gasteiger partial charge in [-0.25, -0.2) is 9.18 Å². The molecule has 1 aliphatic rings. The van der Waals surface area contributed by atoms with E-state index in [1.807, 2.05) is 12.1 Å². The van der Waals surface area contributed by atoms with E-state index in [1.165, 1.54) is 6.07 Å². The van der Waals surface area contributed by atoms with Crippen LogP contribution in [-0.2, 0) is 11.2 Å². The number of aromatic nitrogens is 1. The molecule has 0 spiro atoms. The molecule has 0 radical (unpaired) electrons. The second-order valence-electron chi connectivity index (χ2n) is 6.30. The van der Waals surface area contributed by atoms with E-state index in [0.29, 0.717) is 24.6 Å². The highest BCUT2D eigenvalue weighted by molar-refractivity contribution is 6.30. The summed E-state index contributed by atoms with van der Waals surface area (Å²) >= 11 is 6.03. The van der Waals surface area contributed by atoms with Crippen molar-refractivity contribution in [3.05, 3.63) is 70.1 Å². The molecule has 1 atom stereocenters. The Morgan fingerprint density at radius 2 is 2.08 bits per heavy atom. The van der Waals surface area contributed by atoms with E-state index in [9.17, 15) is 9.18 Å². The van der Waals surface area contributed by atoms with Gasteiger partial charge in [-0.15, -0.1) is 0 Å². The van der Waals surface area contributed by atoms with Crippen LogP contribution in [0.4, 0.5) is 9.18 Å². The summed E-state index contributed by atoms with van der Waals surface area (Å²) in [7, 11) is 0. The molecule has 1 N–H and O–H groups in total. The van der Waals surface area contributed by atoms with Crippen molar-refractivity contribution in [1.82, 2.24) is 9.88 Å². The summed E-state index contributed by atoms with van der Waals surface area (Å²) in [6.45, 7) is 2.60. The van der Waals surface area contributed by atoms with Crippen molar-refractivity contribution in [3.8, 4) is 0 Å². The lowest BCUT2D eigenvalue weighted by atomic mass is 9.93. The number of nitrogens with one attached hydrogen (secondary N) is 1. The third-order valence-electron chi connectivity index (χ3n) is 4.78. The lowest BCUT2D eigenvalue weighted by Gasteiger charge is -2.35. The van der Waals surface area contributed by atoms with Gasteiger partial charge in [0.15, 0.2) is 0 Å². The van der Waals surface area contributed by atoms with E-state index in [0.717, 1.165) is 27.7 Å². The van der Waals surface area contributed by atoms with Gasteiger partial charge >= 0.3 is 6.09 Å². The minimum atomic E-state index is -0.358. The predicted octanol–water partition coefficient (Wildman–Crippen LogP) is 5.06. The first-order valence-corrected chi connectivity index (χ1v) is 8.95. The SMILES string of the molecule is CCOC(=O)N1CCc2c([nH]c3ccc(F)cc23)C1c1ccc(Cl)cc1. The summed E-state index contributed by atoms with van der Waals surface area (Å²) in [6, 6.07) is 11.8. The quantitative estimate of drug-likeness (QED) is 0.683. The maximum atomic E-state index is 13.7. The molecular formula is C20H18ClFN2O2.